The Morgan fingerprint density at radius 2 is 2.20 bits per heavy atom. The van der Waals surface area contributed by atoms with Crippen LogP contribution in [-0.4, -0.2) is 51.1 Å². The molecule has 1 saturated heterocycles. The van der Waals surface area contributed by atoms with E-state index in [-0.39, 0.29) is 18.4 Å². The van der Waals surface area contributed by atoms with Crippen LogP contribution in [0.5, 0.6) is 5.88 Å². The van der Waals surface area contributed by atoms with Gasteiger partial charge in [-0.05, 0) is 25.8 Å². The summed E-state index contributed by atoms with van der Waals surface area (Å²) in [6, 6.07) is 3.41. The number of likely N-dealkylation sites (tertiary alicyclic amines) is 1. The average molecular weight is 342 g/mol. The molecule has 1 atom stereocenters. The zero-order valence-electron chi connectivity index (χ0n) is 14.5. The van der Waals surface area contributed by atoms with E-state index in [4.69, 9.17) is 4.74 Å². The molecular weight excluding hydrogens is 320 g/mol. The summed E-state index contributed by atoms with van der Waals surface area (Å²) >= 11 is 0. The van der Waals surface area contributed by atoms with Crippen LogP contribution in [0.25, 0.3) is 0 Å². The number of hydrogen-bond donors (Lipinski definition) is 1. The van der Waals surface area contributed by atoms with Gasteiger partial charge in [0.1, 0.15) is 5.82 Å². The maximum atomic E-state index is 12.8. The van der Waals surface area contributed by atoms with E-state index in [1.54, 1.807) is 31.6 Å². The molecule has 0 radical (unpaired) electrons. The summed E-state index contributed by atoms with van der Waals surface area (Å²) in [7, 11) is 1.54. The molecule has 7 heteroatoms. The number of carbonyl (C=O) groups excluding carboxylic acids is 1. The maximum Gasteiger partial charge on any atom is 0.255 e. The van der Waals surface area contributed by atoms with Crippen LogP contribution in [0.3, 0.4) is 0 Å². The lowest BCUT2D eigenvalue weighted by Gasteiger charge is -2.33. The summed E-state index contributed by atoms with van der Waals surface area (Å²) in [6.07, 6.45) is 5.05. The number of ether oxygens (including phenoxy) is 1. The molecule has 1 aliphatic heterocycles. The third-order valence-corrected chi connectivity index (χ3v) is 4.48. The van der Waals surface area contributed by atoms with E-state index in [0.717, 1.165) is 24.1 Å². The third kappa shape index (κ3) is 3.76. The molecule has 0 spiro atoms. The van der Waals surface area contributed by atoms with Crippen molar-refractivity contribution in [1.82, 2.24) is 19.9 Å². The SMILES string of the molecule is COc1ccc(C(=O)N2CCCC(c3nc(C)ncc3CO)C2)cn1. The van der Waals surface area contributed by atoms with Gasteiger partial charge in [-0.3, -0.25) is 4.79 Å². The maximum absolute atomic E-state index is 12.8. The van der Waals surface area contributed by atoms with E-state index in [9.17, 15) is 9.90 Å². The summed E-state index contributed by atoms with van der Waals surface area (Å²) in [5.41, 5.74) is 2.12. The van der Waals surface area contributed by atoms with Crippen molar-refractivity contribution in [3.63, 3.8) is 0 Å². The molecule has 1 amide bonds. The molecule has 2 aromatic heterocycles. The predicted octanol–water partition coefficient (Wildman–Crippen LogP) is 1.70. The number of amides is 1. The molecule has 3 heterocycles. The fraction of sp³-hybridized carbons (Fsp3) is 0.444. The first-order chi connectivity index (χ1) is 12.1. The van der Waals surface area contributed by atoms with E-state index in [0.29, 0.717) is 30.4 Å². The molecule has 1 fully saturated rings. The van der Waals surface area contributed by atoms with Crippen LogP contribution in [0.2, 0.25) is 0 Å². The van der Waals surface area contributed by atoms with Crippen molar-refractivity contribution in [2.45, 2.75) is 32.3 Å². The molecule has 0 saturated carbocycles. The third-order valence-electron chi connectivity index (χ3n) is 4.48. The number of pyridine rings is 1. The number of piperidine rings is 1. The van der Waals surface area contributed by atoms with Crippen molar-refractivity contribution >= 4 is 5.91 Å². The van der Waals surface area contributed by atoms with Gasteiger partial charge in [0.15, 0.2) is 0 Å². The highest BCUT2D eigenvalue weighted by molar-refractivity contribution is 5.94. The number of aromatic nitrogens is 3. The molecule has 1 unspecified atom stereocenters. The Kier molecular flexibility index (Phi) is 5.23. The Hall–Kier alpha value is -2.54. The van der Waals surface area contributed by atoms with Crippen molar-refractivity contribution in [3.8, 4) is 5.88 Å². The van der Waals surface area contributed by atoms with E-state index in [2.05, 4.69) is 15.0 Å². The number of aryl methyl sites for hydroxylation is 1. The van der Waals surface area contributed by atoms with Crippen molar-refractivity contribution < 1.29 is 14.6 Å². The summed E-state index contributed by atoms with van der Waals surface area (Å²) in [5.74, 6) is 1.22. The zero-order valence-corrected chi connectivity index (χ0v) is 14.5. The van der Waals surface area contributed by atoms with Gasteiger partial charge in [0, 0.05) is 43.0 Å². The summed E-state index contributed by atoms with van der Waals surface area (Å²) in [6.45, 7) is 3.02. The lowest BCUT2D eigenvalue weighted by molar-refractivity contribution is 0.0704. The number of hydrogen-bond acceptors (Lipinski definition) is 6. The highest BCUT2D eigenvalue weighted by atomic mass is 16.5. The van der Waals surface area contributed by atoms with Crippen molar-refractivity contribution in [2.75, 3.05) is 20.2 Å². The Balaban J connectivity index is 1.78. The van der Waals surface area contributed by atoms with Crippen LogP contribution < -0.4 is 4.74 Å². The van der Waals surface area contributed by atoms with Crippen molar-refractivity contribution in [3.05, 3.63) is 47.2 Å². The highest BCUT2D eigenvalue weighted by Gasteiger charge is 2.28. The quantitative estimate of drug-likeness (QED) is 0.910. The second-order valence-electron chi connectivity index (χ2n) is 6.17. The standard InChI is InChI=1S/C18H22N4O3/c1-12-19-9-15(11-23)17(21-12)14-4-3-7-22(10-14)18(24)13-5-6-16(25-2)20-8-13/h5-6,8-9,14,23H,3-4,7,10-11H2,1-2H3. The van der Waals surface area contributed by atoms with E-state index >= 15 is 0 Å². The number of rotatable bonds is 4. The number of methoxy groups -OCH3 is 1. The number of aliphatic hydroxyl groups excluding tert-OH is 1. The lowest BCUT2D eigenvalue weighted by Crippen LogP contribution is -2.39. The molecule has 3 rings (SSSR count). The first-order valence-electron chi connectivity index (χ1n) is 8.35. The van der Waals surface area contributed by atoms with Gasteiger partial charge in [-0.1, -0.05) is 0 Å². The number of nitrogens with zero attached hydrogens (tertiary/aromatic N) is 4. The monoisotopic (exact) mass is 342 g/mol. The van der Waals surface area contributed by atoms with Crippen molar-refractivity contribution in [1.29, 1.82) is 0 Å². The minimum atomic E-state index is -0.0948. The lowest BCUT2D eigenvalue weighted by atomic mass is 9.91. The second kappa shape index (κ2) is 7.57. The van der Waals surface area contributed by atoms with Gasteiger partial charge in [0.2, 0.25) is 5.88 Å². The Morgan fingerprint density at radius 3 is 2.88 bits per heavy atom. The van der Waals surface area contributed by atoms with Crippen LogP contribution in [-0.2, 0) is 6.61 Å². The van der Waals surface area contributed by atoms with Gasteiger partial charge in [-0.25, -0.2) is 15.0 Å². The first-order valence-corrected chi connectivity index (χ1v) is 8.35. The minimum absolute atomic E-state index is 0.0452. The van der Waals surface area contributed by atoms with Crippen molar-refractivity contribution in [2.24, 2.45) is 0 Å². The average Bonchev–Trinajstić information content (AvgIpc) is 2.67. The largest absolute Gasteiger partial charge is 0.481 e. The topological polar surface area (TPSA) is 88.4 Å². The molecule has 1 aliphatic rings. The molecular formula is C18H22N4O3. The summed E-state index contributed by atoms with van der Waals surface area (Å²) in [4.78, 5) is 27.4. The van der Waals surface area contributed by atoms with Crippen LogP contribution in [0.15, 0.2) is 24.5 Å². The molecule has 0 aliphatic carbocycles. The van der Waals surface area contributed by atoms with E-state index in [1.165, 1.54) is 0 Å². The van der Waals surface area contributed by atoms with Gasteiger partial charge < -0.3 is 14.7 Å². The number of carbonyl (C=O) groups is 1. The van der Waals surface area contributed by atoms with Crippen LogP contribution >= 0.6 is 0 Å². The van der Waals surface area contributed by atoms with Gasteiger partial charge in [-0.15, -0.1) is 0 Å². The summed E-state index contributed by atoms with van der Waals surface area (Å²) in [5, 5.41) is 9.56. The molecule has 25 heavy (non-hydrogen) atoms. The Morgan fingerprint density at radius 1 is 1.36 bits per heavy atom. The molecule has 132 valence electrons. The smallest absolute Gasteiger partial charge is 0.255 e. The zero-order chi connectivity index (χ0) is 17.8. The van der Waals surface area contributed by atoms with Crippen LogP contribution in [0.4, 0.5) is 0 Å². The van der Waals surface area contributed by atoms with Gasteiger partial charge >= 0.3 is 0 Å². The van der Waals surface area contributed by atoms with Crippen LogP contribution in [0, 0.1) is 6.92 Å². The summed E-state index contributed by atoms with van der Waals surface area (Å²) < 4.78 is 5.03. The van der Waals surface area contributed by atoms with Crippen LogP contribution in [0.1, 0.15) is 46.2 Å². The van der Waals surface area contributed by atoms with Gasteiger partial charge in [0.25, 0.3) is 5.91 Å². The van der Waals surface area contributed by atoms with Gasteiger partial charge in [-0.2, -0.15) is 0 Å². The minimum Gasteiger partial charge on any atom is -0.481 e. The highest BCUT2D eigenvalue weighted by Crippen LogP contribution is 2.28. The Bertz CT molecular complexity index is 748. The van der Waals surface area contributed by atoms with E-state index in [1.807, 2.05) is 11.8 Å². The normalized spacial score (nSPS) is 17.4. The molecule has 2 aromatic rings. The first kappa shape index (κ1) is 17.3. The van der Waals surface area contributed by atoms with E-state index < -0.39 is 0 Å². The molecule has 0 bridgehead atoms. The Labute approximate surface area is 146 Å². The number of aliphatic hydroxyl groups is 1. The van der Waals surface area contributed by atoms with Gasteiger partial charge in [0.05, 0.1) is 25.0 Å². The molecule has 7 nitrogen and oxygen atoms in total. The molecule has 1 N–H and O–H groups in total. The second-order valence-corrected chi connectivity index (χ2v) is 6.17. The predicted molar refractivity (Wildman–Crippen MR) is 91.4 cm³/mol. The fourth-order valence-corrected chi connectivity index (χ4v) is 3.18. The fourth-order valence-electron chi connectivity index (χ4n) is 3.18. The molecule has 0 aromatic carbocycles.